The normalized spacial score (nSPS) is 10.8. The zero-order valence-electron chi connectivity index (χ0n) is 7.91. The van der Waals surface area contributed by atoms with Gasteiger partial charge in [0.05, 0.1) is 16.8 Å². The summed E-state index contributed by atoms with van der Waals surface area (Å²) >= 11 is 3.36. The van der Waals surface area contributed by atoms with E-state index in [2.05, 4.69) is 21.0 Å². The van der Waals surface area contributed by atoms with Gasteiger partial charge in [0, 0.05) is 10.7 Å². The summed E-state index contributed by atoms with van der Waals surface area (Å²) < 4.78 is 2.67. The summed E-state index contributed by atoms with van der Waals surface area (Å²) in [5.41, 5.74) is 2.34. The van der Waals surface area contributed by atoms with E-state index in [1.807, 2.05) is 25.3 Å². The van der Waals surface area contributed by atoms with E-state index in [1.165, 1.54) is 0 Å². The number of carbonyl (C=O) groups is 1. The molecule has 0 aromatic carbocycles. The molecule has 0 spiro atoms. The van der Waals surface area contributed by atoms with Crippen molar-refractivity contribution in [2.45, 2.75) is 13.8 Å². The number of aryl methyl sites for hydroxylation is 1. The topological polar surface area (TPSA) is 34.4 Å². The lowest BCUT2D eigenvalue weighted by Crippen LogP contribution is -1.93. The van der Waals surface area contributed by atoms with Crippen molar-refractivity contribution in [2.24, 2.45) is 0 Å². The Morgan fingerprint density at radius 2 is 2.21 bits per heavy atom. The van der Waals surface area contributed by atoms with Gasteiger partial charge in [0.2, 0.25) is 0 Å². The van der Waals surface area contributed by atoms with Crippen molar-refractivity contribution in [3.05, 3.63) is 34.1 Å². The first kappa shape index (κ1) is 9.40. The molecule has 0 aliphatic heterocycles. The number of rotatable bonds is 1. The molecule has 2 aromatic rings. The first-order valence-corrected chi connectivity index (χ1v) is 5.04. The number of hydrogen-bond donors (Lipinski definition) is 0. The molecule has 2 heterocycles. The minimum Gasteiger partial charge on any atom is -0.294 e. The predicted octanol–water partition coefficient (Wildman–Crippen LogP) is 2.61. The second kappa shape index (κ2) is 3.20. The van der Waals surface area contributed by atoms with E-state index in [-0.39, 0.29) is 5.78 Å². The van der Waals surface area contributed by atoms with Crippen molar-refractivity contribution < 1.29 is 4.79 Å². The van der Waals surface area contributed by atoms with E-state index in [4.69, 9.17) is 0 Å². The molecule has 14 heavy (non-hydrogen) atoms. The Bertz CT molecular complexity index is 516. The summed E-state index contributed by atoms with van der Waals surface area (Å²) in [6, 6.07) is 3.80. The molecule has 0 N–H and O–H groups in total. The van der Waals surface area contributed by atoms with Crippen LogP contribution in [-0.4, -0.2) is 15.4 Å². The summed E-state index contributed by atoms with van der Waals surface area (Å²) in [5, 5.41) is 4.26. The van der Waals surface area contributed by atoms with E-state index in [1.54, 1.807) is 11.4 Å². The van der Waals surface area contributed by atoms with Gasteiger partial charge in [-0.1, -0.05) is 0 Å². The first-order valence-electron chi connectivity index (χ1n) is 4.25. The van der Waals surface area contributed by atoms with E-state index in [0.29, 0.717) is 5.56 Å². The van der Waals surface area contributed by atoms with Crippen molar-refractivity contribution in [3.8, 4) is 0 Å². The zero-order chi connectivity index (χ0) is 10.3. The number of ketones is 1. The second-order valence-electron chi connectivity index (χ2n) is 3.19. The molecule has 2 rings (SSSR count). The number of Topliss-reactive ketones (excluding diaryl/α,β-unsaturated/α-hetero) is 1. The molecule has 0 aliphatic rings. The number of aromatic nitrogens is 2. The monoisotopic (exact) mass is 252 g/mol. The maximum absolute atomic E-state index is 11.4. The van der Waals surface area contributed by atoms with Crippen LogP contribution in [0.2, 0.25) is 0 Å². The fraction of sp³-hybridized carbons (Fsp3) is 0.200. The quantitative estimate of drug-likeness (QED) is 0.732. The summed E-state index contributed by atoms with van der Waals surface area (Å²) in [7, 11) is 0. The van der Waals surface area contributed by atoms with Gasteiger partial charge in [0.1, 0.15) is 0 Å². The van der Waals surface area contributed by atoms with Gasteiger partial charge in [-0.3, -0.25) is 4.79 Å². The number of halogens is 1. The number of carbonyl (C=O) groups excluding carboxylic acids is 1. The van der Waals surface area contributed by atoms with Crippen molar-refractivity contribution in [3.63, 3.8) is 0 Å². The predicted molar refractivity (Wildman–Crippen MR) is 57.6 cm³/mol. The average Bonchev–Trinajstić information content (AvgIpc) is 2.39. The third kappa shape index (κ3) is 1.35. The third-order valence-corrected chi connectivity index (χ3v) is 2.59. The van der Waals surface area contributed by atoms with Crippen LogP contribution in [0.5, 0.6) is 0 Å². The van der Waals surface area contributed by atoms with Crippen LogP contribution in [0.25, 0.3) is 5.52 Å². The van der Waals surface area contributed by atoms with Gasteiger partial charge in [-0.2, -0.15) is 5.10 Å². The lowest BCUT2D eigenvalue weighted by molar-refractivity contribution is 0.101. The maximum atomic E-state index is 11.4. The Morgan fingerprint density at radius 3 is 2.86 bits per heavy atom. The molecule has 0 saturated carbocycles. The van der Waals surface area contributed by atoms with Crippen LogP contribution in [0.1, 0.15) is 23.0 Å². The fourth-order valence-corrected chi connectivity index (χ4v) is 1.90. The highest BCUT2D eigenvalue weighted by molar-refractivity contribution is 9.10. The number of hydrogen-bond acceptors (Lipinski definition) is 2. The van der Waals surface area contributed by atoms with Gasteiger partial charge < -0.3 is 0 Å². The second-order valence-corrected chi connectivity index (χ2v) is 4.11. The highest BCUT2D eigenvalue weighted by Crippen LogP contribution is 2.18. The molecule has 0 radical (unpaired) electrons. The molecule has 2 aromatic heterocycles. The molecule has 0 bridgehead atoms. The molecule has 72 valence electrons. The Morgan fingerprint density at radius 1 is 1.50 bits per heavy atom. The van der Waals surface area contributed by atoms with Crippen molar-refractivity contribution >= 4 is 27.2 Å². The largest absolute Gasteiger partial charge is 0.294 e. The SMILES string of the molecule is CC(=O)c1c(C)nn2cc(Br)ccc12. The van der Waals surface area contributed by atoms with Crippen molar-refractivity contribution in [1.82, 2.24) is 9.61 Å². The summed E-state index contributed by atoms with van der Waals surface area (Å²) in [6.45, 7) is 3.41. The summed E-state index contributed by atoms with van der Waals surface area (Å²) in [4.78, 5) is 11.4. The molecule has 0 saturated heterocycles. The molecule has 0 atom stereocenters. The van der Waals surface area contributed by atoms with Gasteiger partial charge in [0.25, 0.3) is 0 Å². The van der Waals surface area contributed by atoms with Crippen LogP contribution < -0.4 is 0 Å². The Labute approximate surface area is 89.9 Å². The highest BCUT2D eigenvalue weighted by atomic mass is 79.9. The van der Waals surface area contributed by atoms with Crippen molar-refractivity contribution in [1.29, 1.82) is 0 Å². The smallest absolute Gasteiger partial charge is 0.163 e. The van der Waals surface area contributed by atoms with Crippen LogP contribution in [0, 0.1) is 6.92 Å². The lowest BCUT2D eigenvalue weighted by Gasteiger charge is -1.95. The number of pyridine rings is 1. The Balaban J connectivity index is 2.84. The van der Waals surface area contributed by atoms with E-state index in [0.717, 1.165) is 15.7 Å². The van der Waals surface area contributed by atoms with Crippen LogP contribution in [0.3, 0.4) is 0 Å². The van der Waals surface area contributed by atoms with Crippen LogP contribution in [-0.2, 0) is 0 Å². The van der Waals surface area contributed by atoms with Crippen molar-refractivity contribution in [2.75, 3.05) is 0 Å². The minimum atomic E-state index is 0.0554. The molecule has 0 aliphatic carbocycles. The molecule has 0 unspecified atom stereocenters. The van der Waals surface area contributed by atoms with E-state index < -0.39 is 0 Å². The van der Waals surface area contributed by atoms with Gasteiger partial charge >= 0.3 is 0 Å². The molecule has 0 fully saturated rings. The molecular weight excluding hydrogens is 244 g/mol. The van der Waals surface area contributed by atoms with Crippen LogP contribution in [0.15, 0.2) is 22.8 Å². The van der Waals surface area contributed by atoms with Crippen LogP contribution >= 0.6 is 15.9 Å². The number of nitrogens with zero attached hydrogens (tertiary/aromatic N) is 2. The van der Waals surface area contributed by atoms with Crippen LogP contribution in [0.4, 0.5) is 0 Å². The molecule has 3 nitrogen and oxygen atoms in total. The molecule has 4 heteroatoms. The van der Waals surface area contributed by atoms with Gasteiger partial charge in [0.15, 0.2) is 5.78 Å². The maximum Gasteiger partial charge on any atom is 0.163 e. The minimum absolute atomic E-state index is 0.0554. The standard InChI is InChI=1S/C10H9BrN2O/c1-6-10(7(2)14)9-4-3-8(11)5-13(9)12-6/h3-5H,1-2H3. The summed E-state index contributed by atoms with van der Waals surface area (Å²) in [6.07, 6.45) is 1.84. The zero-order valence-corrected chi connectivity index (χ0v) is 9.50. The average molecular weight is 253 g/mol. The van der Waals surface area contributed by atoms with E-state index >= 15 is 0 Å². The Kier molecular flexibility index (Phi) is 2.15. The molecule has 0 amide bonds. The van der Waals surface area contributed by atoms with Gasteiger partial charge in [-0.25, -0.2) is 4.52 Å². The highest BCUT2D eigenvalue weighted by Gasteiger charge is 2.12. The fourth-order valence-electron chi connectivity index (χ4n) is 1.58. The van der Waals surface area contributed by atoms with E-state index in [9.17, 15) is 4.79 Å². The van der Waals surface area contributed by atoms with Gasteiger partial charge in [-0.15, -0.1) is 0 Å². The molecular formula is C10H9BrN2O. The van der Waals surface area contributed by atoms with Gasteiger partial charge in [-0.05, 0) is 41.9 Å². The summed E-state index contributed by atoms with van der Waals surface area (Å²) in [5.74, 6) is 0.0554. The Hall–Kier alpha value is -1.16. The third-order valence-electron chi connectivity index (χ3n) is 2.12. The number of fused-ring (bicyclic) bond motifs is 1. The lowest BCUT2D eigenvalue weighted by atomic mass is 10.1. The first-order chi connectivity index (χ1) is 6.59.